The molecule has 2 heteroatoms. The Morgan fingerprint density at radius 3 is 2.46 bits per heavy atom. The third kappa shape index (κ3) is 2.14. The molecule has 0 fully saturated rings. The van der Waals surface area contributed by atoms with E-state index >= 15 is 0 Å². The van der Waals surface area contributed by atoms with Gasteiger partial charge in [0.2, 0.25) is 0 Å². The summed E-state index contributed by atoms with van der Waals surface area (Å²) in [4.78, 5) is 2.05. The summed E-state index contributed by atoms with van der Waals surface area (Å²) in [6.45, 7) is 2.14. The highest BCUT2D eigenvalue weighted by Crippen LogP contribution is 2.27. The van der Waals surface area contributed by atoms with Crippen LogP contribution in [0.3, 0.4) is 0 Å². The van der Waals surface area contributed by atoms with Gasteiger partial charge in [0.25, 0.3) is 0 Å². The Morgan fingerprint density at radius 1 is 1.31 bits per heavy atom. The second kappa shape index (κ2) is 4.17. The molecule has 0 spiro atoms. The predicted molar refractivity (Wildman–Crippen MR) is 56.7 cm³/mol. The first-order chi connectivity index (χ1) is 6.19. The summed E-state index contributed by atoms with van der Waals surface area (Å²) in [5.74, 6) is 0.948. The van der Waals surface area contributed by atoms with E-state index in [4.69, 9.17) is 4.74 Å². The molecule has 0 aliphatic carbocycles. The molecule has 1 aromatic carbocycles. The Hall–Kier alpha value is -1.18. The van der Waals surface area contributed by atoms with Gasteiger partial charge < -0.3 is 9.64 Å². The molecule has 0 saturated heterocycles. The third-order valence-electron chi connectivity index (χ3n) is 2.13. The third-order valence-corrected chi connectivity index (χ3v) is 2.13. The van der Waals surface area contributed by atoms with Crippen molar-refractivity contribution in [1.82, 2.24) is 0 Å². The van der Waals surface area contributed by atoms with Crippen LogP contribution in [0.2, 0.25) is 0 Å². The minimum Gasteiger partial charge on any atom is -0.495 e. The van der Waals surface area contributed by atoms with Gasteiger partial charge in [0.15, 0.2) is 0 Å². The molecule has 1 rings (SSSR count). The highest BCUT2D eigenvalue weighted by Gasteiger charge is 2.04. The van der Waals surface area contributed by atoms with Gasteiger partial charge in [0.05, 0.1) is 12.8 Å². The maximum Gasteiger partial charge on any atom is 0.142 e. The number of nitrogens with zero attached hydrogens (tertiary/aromatic N) is 1. The number of methoxy groups -OCH3 is 1. The lowest BCUT2D eigenvalue weighted by molar-refractivity contribution is 0.415. The molecule has 0 amide bonds. The van der Waals surface area contributed by atoms with Crippen molar-refractivity contribution in [3.63, 3.8) is 0 Å². The number of benzene rings is 1. The second-order valence-corrected chi connectivity index (χ2v) is 3.25. The molecular formula is C11H17NO. The van der Waals surface area contributed by atoms with Crippen molar-refractivity contribution >= 4 is 5.69 Å². The molecular weight excluding hydrogens is 162 g/mol. The molecule has 13 heavy (non-hydrogen) atoms. The molecule has 0 aromatic heterocycles. The van der Waals surface area contributed by atoms with Crippen LogP contribution in [0.15, 0.2) is 18.2 Å². The lowest BCUT2D eigenvalue weighted by atomic mass is 10.1. The largest absolute Gasteiger partial charge is 0.495 e. The Bertz CT molecular complexity index is 281. The summed E-state index contributed by atoms with van der Waals surface area (Å²) in [5, 5.41) is 0. The van der Waals surface area contributed by atoms with Crippen LogP contribution >= 0.6 is 0 Å². The van der Waals surface area contributed by atoms with Gasteiger partial charge in [0.1, 0.15) is 5.75 Å². The first kappa shape index (κ1) is 9.90. The zero-order valence-corrected chi connectivity index (χ0v) is 8.79. The molecule has 0 bridgehead atoms. The van der Waals surface area contributed by atoms with Crippen LogP contribution in [-0.2, 0) is 6.42 Å². The topological polar surface area (TPSA) is 12.5 Å². The lowest BCUT2D eigenvalue weighted by Gasteiger charge is -2.17. The van der Waals surface area contributed by atoms with E-state index < -0.39 is 0 Å². The van der Waals surface area contributed by atoms with Crippen LogP contribution in [0, 0.1) is 0 Å². The van der Waals surface area contributed by atoms with Crippen LogP contribution < -0.4 is 9.64 Å². The zero-order chi connectivity index (χ0) is 9.84. The normalized spacial score (nSPS) is 9.85. The molecule has 0 N–H and O–H groups in total. The van der Waals surface area contributed by atoms with Gasteiger partial charge >= 0.3 is 0 Å². The van der Waals surface area contributed by atoms with Gasteiger partial charge in [-0.25, -0.2) is 0 Å². The second-order valence-electron chi connectivity index (χ2n) is 3.25. The number of anilines is 1. The van der Waals surface area contributed by atoms with E-state index in [0.717, 1.165) is 17.9 Å². The van der Waals surface area contributed by atoms with E-state index in [1.54, 1.807) is 7.11 Å². The SMILES string of the molecule is CCc1ccc(N(C)C)c(OC)c1. The van der Waals surface area contributed by atoms with Crippen molar-refractivity contribution in [3.8, 4) is 5.75 Å². The van der Waals surface area contributed by atoms with Gasteiger partial charge in [-0.05, 0) is 24.1 Å². The monoisotopic (exact) mass is 179 g/mol. The molecule has 1 aromatic rings. The van der Waals surface area contributed by atoms with Crippen molar-refractivity contribution in [2.45, 2.75) is 13.3 Å². The summed E-state index contributed by atoms with van der Waals surface area (Å²) in [6.07, 6.45) is 1.05. The standard InChI is InChI=1S/C11H17NO/c1-5-9-6-7-10(12(2)3)11(8-9)13-4/h6-8H,5H2,1-4H3. The molecule has 0 unspecified atom stereocenters. The molecule has 72 valence electrons. The van der Waals surface area contributed by atoms with Crippen LogP contribution in [0.4, 0.5) is 5.69 Å². The number of ether oxygens (including phenoxy) is 1. The Kier molecular flexibility index (Phi) is 3.18. The molecule has 0 heterocycles. The van der Waals surface area contributed by atoms with Gasteiger partial charge in [-0.2, -0.15) is 0 Å². The maximum absolute atomic E-state index is 5.31. The predicted octanol–water partition coefficient (Wildman–Crippen LogP) is 2.32. The van der Waals surface area contributed by atoms with E-state index in [9.17, 15) is 0 Å². The summed E-state index contributed by atoms with van der Waals surface area (Å²) in [5.41, 5.74) is 2.43. The average molecular weight is 179 g/mol. The molecule has 0 atom stereocenters. The Morgan fingerprint density at radius 2 is 2.00 bits per heavy atom. The number of hydrogen-bond donors (Lipinski definition) is 0. The highest BCUT2D eigenvalue weighted by atomic mass is 16.5. The van der Waals surface area contributed by atoms with E-state index in [-0.39, 0.29) is 0 Å². The van der Waals surface area contributed by atoms with E-state index in [0.29, 0.717) is 0 Å². The Labute approximate surface area is 80.1 Å². The quantitative estimate of drug-likeness (QED) is 0.706. The van der Waals surface area contributed by atoms with Gasteiger partial charge in [-0.15, -0.1) is 0 Å². The van der Waals surface area contributed by atoms with Crippen molar-refractivity contribution in [2.24, 2.45) is 0 Å². The molecule has 2 nitrogen and oxygen atoms in total. The van der Waals surface area contributed by atoms with E-state index in [1.807, 2.05) is 14.1 Å². The van der Waals surface area contributed by atoms with Crippen molar-refractivity contribution in [2.75, 3.05) is 26.1 Å². The van der Waals surface area contributed by atoms with Gasteiger partial charge in [-0.1, -0.05) is 13.0 Å². The minimum absolute atomic E-state index is 0.948. The van der Waals surface area contributed by atoms with E-state index in [1.165, 1.54) is 5.56 Å². The first-order valence-corrected chi connectivity index (χ1v) is 4.53. The van der Waals surface area contributed by atoms with Gasteiger partial charge in [-0.3, -0.25) is 0 Å². The van der Waals surface area contributed by atoms with Crippen LogP contribution in [0.5, 0.6) is 5.75 Å². The Balaban J connectivity index is 3.08. The van der Waals surface area contributed by atoms with Crippen LogP contribution in [-0.4, -0.2) is 21.2 Å². The van der Waals surface area contributed by atoms with Crippen LogP contribution in [0.25, 0.3) is 0 Å². The van der Waals surface area contributed by atoms with Crippen LogP contribution in [0.1, 0.15) is 12.5 Å². The summed E-state index contributed by atoms with van der Waals surface area (Å²) in [7, 11) is 5.74. The molecule has 0 saturated carbocycles. The van der Waals surface area contributed by atoms with Crippen molar-refractivity contribution < 1.29 is 4.74 Å². The summed E-state index contributed by atoms with van der Waals surface area (Å²) >= 11 is 0. The molecule has 0 radical (unpaired) electrons. The van der Waals surface area contributed by atoms with Crippen molar-refractivity contribution in [1.29, 1.82) is 0 Å². The maximum atomic E-state index is 5.31. The lowest BCUT2D eigenvalue weighted by Crippen LogP contribution is -2.10. The minimum atomic E-state index is 0.948. The highest BCUT2D eigenvalue weighted by molar-refractivity contribution is 5.58. The smallest absolute Gasteiger partial charge is 0.142 e. The average Bonchev–Trinajstić information content (AvgIpc) is 2.16. The fourth-order valence-electron chi connectivity index (χ4n) is 1.31. The fraction of sp³-hybridized carbons (Fsp3) is 0.455. The summed E-state index contributed by atoms with van der Waals surface area (Å²) in [6, 6.07) is 6.32. The molecule has 0 aliphatic rings. The number of hydrogen-bond acceptors (Lipinski definition) is 2. The number of rotatable bonds is 3. The summed E-state index contributed by atoms with van der Waals surface area (Å²) < 4.78 is 5.31. The first-order valence-electron chi connectivity index (χ1n) is 4.53. The fourth-order valence-corrected chi connectivity index (χ4v) is 1.31. The zero-order valence-electron chi connectivity index (χ0n) is 8.79. The van der Waals surface area contributed by atoms with Crippen molar-refractivity contribution in [3.05, 3.63) is 23.8 Å². The number of aryl methyl sites for hydroxylation is 1. The van der Waals surface area contributed by atoms with E-state index in [2.05, 4.69) is 30.0 Å². The van der Waals surface area contributed by atoms with Gasteiger partial charge in [0, 0.05) is 14.1 Å². The molecule has 0 aliphatic heterocycles.